The number of hydrogen-bond acceptors (Lipinski definition) is 5. The van der Waals surface area contributed by atoms with Gasteiger partial charge in [0.25, 0.3) is 0 Å². The van der Waals surface area contributed by atoms with Crippen LogP contribution in [0.4, 0.5) is 22.0 Å². The maximum Gasteiger partial charge on any atom is 0.417 e. The molecule has 48 heavy (non-hydrogen) atoms. The summed E-state index contributed by atoms with van der Waals surface area (Å²) in [6, 6.07) is 4.20. The van der Waals surface area contributed by atoms with Gasteiger partial charge in [0.1, 0.15) is 17.6 Å². The van der Waals surface area contributed by atoms with E-state index in [1.807, 2.05) is 32.7 Å². The van der Waals surface area contributed by atoms with Gasteiger partial charge in [-0.05, 0) is 67.7 Å². The van der Waals surface area contributed by atoms with Gasteiger partial charge in [-0.1, -0.05) is 67.4 Å². The molecule has 3 atom stereocenters. The van der Waals surface area contributed by atoms with Crippen LogP contribution in [0, 0.1) is 29.0 Å². The van der Waals surface area contributed by atoms with Crippen molar-refractivity contribution in [2.75, 3.05) is 14.2 Å². The molecule has 10 heteroatoms. The van der Waals surface area contributed by atoms with Crippen molar-refractivity contribution in [1.82, 2.24) is 4.90 Å². The number of rotatable bonds is 13. The molecule has 3 rings (SSSR count). The predicted molar refractivity (Wildman–Crippen MR) is 188 cm³/mol. The summed E-state index contributed by atoms with van der Waals surface area (Å²) in [6.07, 6.45) is 1.68. The molecule has 1 aromatic carbocycles. The molecule has 0 amide bonds. The third-order valence-electron chi connectivity index (χ3n) is 9.45. The van der Waals surface area contributed by atoms with Crippen LogP contribution in [-0.4, -0.2) is 37.0 Å². The molecule has 0 radical (unpaired) electrons. The van der Waals surface area contributed by atoms with Gasteiger partial charge in [0.2, 0.25) is 5.88 Å². The Morgan fingerprint density at radius 1 is 1.08 bits per heavy atom. The van der Waals surface area contributed by atoms with Crippen molar-refractivity contribution in [3.63, 3.8) is 0 Å². The third-order valence-corrected chi connectivity index (χ3v) is 10.9. The smallest absolute Gasteiger partial charge is 0.417 e. The Morgan fingerprint density at radius 2 is 1.75 bits per heavy atom. The predicted octanol–water partition coefficient (Wildman–Crippen LogP) is 12.0. The number of fused-ring (bicyclic) bond motifs is 1. The number of hydrogen-bond donors (Lipinski definition) is 0. The lowest BCUT2D eigenvalue weighted by atomic mass is 9.83. The summed E-state index contributed by atoms with van der Waals surface area (Å²) >= 11 is 1.000. The molecule has 0 saturated carbocycles. The van der Waals surface area contributed by atoms with Gasteiger partial charge in [-0.2, -0.15) is 18.4 Å². The Labute approximate surface area is 286 Å². The minimum atomic E-state index is -5.00. The van der Waals surface area contributed by atoms with E-state index in [0.717, 1.165) is 55.2 Å². The number of nitriles is 1. The van der Waals surface area contributed by atoms with Crippen LogP contribution < -0.4 is 0 Å². The first-order chi connectivity index (χ1) is 22.6. The number of aliphatic imine (C=N–C) groups is 1. The highest BCUT2D eigenvalue weighted by atomic mass is 32.1. The molecule has 1 aliphatic rings. The minimum Gasteiger partial charge on any atom is -0.481 e. The highest BCUT2D eigenvalue weighted by Crippen LogP contribution is 2.49. The molecule has 0 spiro atoms. The van der Waals surface area contributed by atoms with Gasteiger partial charge in [0, 0.05) is 40.2 Å². The molecule has 1 aromatic heterocycles. The molecule has 0 aliphatic heterocycles. The highest BCUT2D eigenvalue weighted by molar-refractivity contribution is 7.19. The number of halogens is 5. The van der Waals surface area contributed by atoms with Crippen molar-refractivity contribution in [1.29, 1.82) is 5.26 Å². The number of thiophene rings is 1. The lowest BCUT2D eigenvalue weighted by molar-refractivity contribution is -0.0872. The standard InChI is InChI=1S/C38H48F5N3OS/c1-11-14-31(47-10)45-35-26(24(8)46(9)30(23(7)13-3)18-15-22(6)12-2)19-28(38(41,42)43)33(34(35)40)25-16-17-29(39)37-32(25)27(20-44)36(48-37)21(4)5/h14,16-17,19,21-23,30H,11-13,15,18H2,1-10H3/b26-24+,31-14-,45-35+/t22?,23-,30-/m1/s1. The number of methoxy groups -OCH3 is 1. The fraction of sp³-hybridized carbons (Fsp3) is 0.526. The van der Waals surface area contributed by atoms with Gasteiger partial charge < -0.3 is 9.64 Å². The van der Waals surface area contributed by atoms with E-state index in [4.69, 9.17) is 4.74 Å². The summed E-state index contributed by atoms with van der Waals surface area (Å²) in [4.78, 5) is 6.95. The van der Waals surface area contributed by atoms with E-state index >= 15 is 22.0 Å². The van der Waals surface area contributed by atoms with Gasteiger partial charge in [0.15, 0.2) is 5.83 Å². The normalized spacial score (nSPS) is 18.3. The second-order valence-corrected chi connectivity index (χ2v) is 14.0. The summed E-state index contributed by atoms with van der Waals surface area (Å²) < 4.78 is 83.2. The summed E-state index contributed by atoms with van der Waals surface area (Å²) in [7, 11) is 3.21. The Kier molecular flexibility index (Phi) is 13.2. The van der Waals surface area contributed by atoms with Crippen molar-refractivity contribution in [2.24, 2.45) is 16.8 Å². The van der Waals surface area contributed by atoms with E-state index in [-0.39, 0.29) is 56.3 Å². The van der Waals surface area contributed by atoms with E-state index in [1.165, 1.54) is 7.11 Å². The molecule has 1 unspecified atom stereocenters. The number of allylic oxidation sites excluding steroid dienone is 7. The summed E-state index contributed by atoms with van der Waals surface area (Å²) in [5, 5.41) is 10.1. The van der Waals surface area contributed by atoms with Crippen molar-refractivity contribution in [3.05, 3.63) is 74.7 Å². The molecule has 0 bridgehead atoms. The van der Waals surface area contributed by atoms with Crippen LogP contribution in [0.15, 0.2) is 57.8 Å². The summed E-state index contributed by atoms with van der Waals surface area (Å²) in [6.45, 7) is 15.7. The number of nitrogens with zero attached hydrogens (tertiary/aromatic N) is 3. The van der Waals surface area contributed by atoms with Gasteiger partial charge >= 0.3 is 6.18 Å². The molecule has 0 fully saturated rings. The van der Waals surface area contributed by atoms with E-state index in [1.54, 1.807) is 13.0 Å². The van der Waals surface area contributed by atoms with Gasteiger partial charge in [-0.3, -0.25) is 0 Å². The van der Waals surface area contributed by atoms with Crippen LogP contribution in [0.3, 0.4) is 0 Å². The molecule has 262 valence electrons. The Hall–Kier alpha value is -3.45. The minimum absolute atomic E-state index is 0.00600. The van der Waals surface area contributed by atoms with Crippen LogP contribution in [0.1, 0.15) is 109 Å². The molecule has 0 saturated heterocycles. The Balaban J connectivity index is 2.49. The largest absolute Gasteiger partial charge is 0.481 e. The van der Waals surface area contributed by atoms with Gasteiger partial charge in [-0.15, -0.1) is 11.3 Å². The van der Waals surface area contributed by atoms with Crippen LogP contribution in [-0.2, 0) is 4.74 Å². The monoisotopic (exact) mass is 689 g/mol. The van der Waals surface area contributed by atoms with Crippen LogP contribution >= 0.6 is 11.3 Å². The first kappa shape index (κ1) is 39.0. The fourth-order valence-electron chi connectivity index (χ4n) is 6.12. The number of benzene rings is 1. The molecular weight excluding hydrogens is 641 g/mol. The van der Waals surface area contributed by atoms with E-state index in [2.05, 4.69) is 38.8 Å². The van der Waals surface area contributed by atoms with Crippen LogP contribution in [0.25, 0.3) is 15.7 Å². The summed E-state index contributed by atoms with van der Waals surface area (Å²) in [5.74, 6) is -1.38. The third kappa shape index (κ3) is 8.05. The van der Waals surface area contributed by atoms with E-state index in [0.29, 0.717) is 22.9 Å². The van der Waals surface area contributed by atoms with Crippen molar-refractivity contribution in [3.8, 4) is 6.07 Å². The summed E-state index contributed by atoms with van der Waals surface area (Å²) in [5.41, 5.74) is -2.08. The first-order valence-electron chi connectivity index (χ1n) is 16.7. The SMILES string of the molecule is CC/C=C(/N=C1/C(F)=C(c2ccc(F)c3sc(C(C)C)c(C#N)c23)C(C(F)(F)F)=C/C1=C(/C)N(C)[C@H](CCC(C)CC)[C@H](C)CC)OC. The van der Waals surface area contributed by atoms with Crippen LogP contribution in [0.2, 0.25) is 0 Å². The van der Waals surface area contributed by atoms with Crippen molar-refractivity contribution in [2.45, 2.75) is 106 Å². The zero-order chi connectivity index (χ0) is 36.1. The van der Waals surface area contributed by atoms with E-state index < -0.39 is 29.0 Å². The van der Waals surface area contributed by atoms with Gasteiger partial charge in [-0.25, -0.2) is 13.8 Å². The Bertz CT molecular complexity index is 1690. The molecule has 1 aliphatic carbocycles. The number of alkyl halides is 3. The van der Waals surface area contributed by atoms with Crippen molar-refractivity contribution < 1.29 is 26.7 Å². The van der Waals surface area contributed by atoms with Gasteiger partial charge in [0.05, 0.1) is 22.9 Å². The highest BCUT2D eigenvalue weighted by Gasteiger charge is 2.43. The number of ether oxygens (including phenoxy) is 1. The lowest BCUT2D eigenvalue weighted by Crippen LogP contribution is -2.37. The fourth-order valence-corrected chi connectivity index (χ4v) is 7.30. The molecule has 0 N–H and O–H groups in total. The maximum absolute atomic E-state index is 17.2. The second-order valence-electron chi connectivity index (χ2n) is 12.9. The van der Waals surface area contributed by atoms with Crippen molar-refractivity contribution >= 4 is 32.7 Å². The maximum atomic E-state index is 17.2. The average Bonchev–Trinajstić information content (AvgIpc) is 3.45. The quantitative estimate of drug-likeness (QED) is 0.155. The molecular formula is C38H48F5N3OS. The molecule has 1 heterocycles. The average molecular weight is 690 g/mol. The van der Waals surface area contributed by atoms with Crippen LogP contribution in [0.5, 0.6) is 0 Å². The molecule has 2 aromatic rings. The lowest BCUT2D eigenvalue weighted by Gasteiger charge is -2.37. The van der Waals surface area contributed by atoms with E-state index in [9.17, 15) is 5.26 Å². The second kappa shape index (κ2) is 16.3. The first-order valence-corrected chi connectivity index (χ1v) is 17.5. The Morgan fingerprint density at radius 3 is 2.27 bits per heavy atom. The zero-order valence-corrected chi connectivity index (χ0v) is 30.5. The topological polar surface area (TPSA) is 48.6 Å². The molecule has 4 nitrogen and oxygen atoms in total. The zero-order valence-electron chi connectivity index (χ0n) is 29.7.